The number of ether oxygens (including phenoxy) is 1. The van der Waals surface area contributed by atoms with Crippen molar-refractivity contribution in [3.8, 4) is 11.8 Å². The number of carbonyl (C=O) groups excluding carboxylic acids is 1. The van der Waals surface area contributed by atoms with Crippen LogP contribution in [0, 0.1) is 11.8 Å². The molecule has 0 radical (unpaired) electrons. The second-order valence-electron chi connectivity index (χ2n) is 5.33. The van der Waals surface area contributed by atoms with Crippen LogP contribution in [0.2, 0.25) is 0 Å². The normalized spacial score (nSPS) is 9.84. The molecule has 0 heterocycles. The number of carbonyl (C=O) groups is 1. The Kier molecular flexibility index (Phi) is 7.51. The van der Waals surface area contributed by atoms with Crippen molar-refractivity contribution in [1.82, 2.24) is 4.90 Å². The quantitative estimate of drug-likeness (QED) is 0.796. The van der Waals surface area contributed by atoms with Gasteiger partial charge in [0.05, 0.1) is 13.2 Å². The zero-order valence-electron chi connectivity index (χ0n) is 14.2. The number of nitrogens with one attached hydrogen (secondary N) is 1. The first-order valence-electron chi connectivity index (χ1n) is 8.06. The Labute approximate surface area is 148 Å². The Hall–Kier alpha value is -2.81. The number of methoxy groups -OCH3 is 1. The number of amides is 2. The molecule has 0 aliphatic carbocycles. The number of hydrogen-bond acceptors (Lipinski definition) is 3. The van der Waals surface area contributed by atoms with E-state index in [-0.39, 0.29) is 19.2 Å². The first-order valence-corrected chi connectivity index (χ1v) is 8.06. The summed E-state index contributed by atoms with van der Waals surface area (Å²) >= 11 is 0. The van der Waals surface area contributed by atoms with Crippen molar-refractivity contribution in [2.75, 3.05) is 38.7 Å². The number of urea groups is 1. The maximum Gasteiger partial charge on any atom is 0.322 e. The molecule has 5 nitrogen and oxygen atoms in total. The first-order chi connectivity index (χ1) is 12.2. The summed E-state index contributed by atoms with van der Waals surface area (Å²) in [5.41, 5.74) is 2.41. The molecule has 130 valence electrons. The van der Waals surface area contributed by atoms with Crippen LogP contribution in [-0.2, 0) is 4.74 Å². The van der Waals surface area contributed by atoms with Gasteiger partial charge >= 0.3 is 6.03 Å². The van der Waals surface area contributed by atoms with Crippen LogP contribution in [0.15, 0.2) is 54.6 Å². The van der Waals surface area contributed by atoms with E-state index in [2.05, 4.69) is 17.2 Å². The van der Waals surface area contributed by atoms with Crippen LogP contribution >= 0.6 is 0 Å². The van der Waals surface area contributed by atoms with Crippen LogP contribution in [0.3, 0.4) is 0 Å². The molecule has 2 aromatic rings. The van der Waals surface area contributed by atoms with Gasteiger partial charge in [-0.3, -0.25) is 0 Å². The van der Waals surface area contributed by atoms with Crippen molar-refractivity contribution in [2.24, 2.45) is 0 Å². The number of nitrogens with zero attached hydrogens (tertiary/aromatic N) is 1. The lowest BCUT2D eigenvalue weighted by Gasteiger charge is -2.21. The molecule has 0 aromatic heterocycles. The summed E-state index contributed by atoms with van der Waals surface area (Å²) in [6, 6.07) is 16.8. The summed E-state index contributed by atoms with van der Waals surface area (Å²) in [5, 5.41) is 11.9. The summed E-state index contributed by atoms with van der Waals surface area (Å²) in [7, 11) is 1.57. The van der Waals surface area contributed by atoms with Gasteiger partial charge in [-0.2, -0.15) is 0 Å². The predicted molar refractivity (Wildman–Crippen MR) is 98.4 cm³/mol. The van der Waals surface area contributed by atoms with E-state index in [1.165, 1.54) is 4.90 Å². The minimum absolute atomic E-state index is 0.0975. The van der Waals surface area contributed by atoms with E-state index in [0.717, 1.165) is 11.1 Å². The van der Waals surface area contributed by atoms with Crippen LogP contribution in [-0.4, -0.2) is 49.5 Å². The number of aliphatic hydroxyl groups excluding tert-OH is 1. The molecule has 0 unspecified atom stereocenters. The average Bonchev–Trinajstić information content (AvgIpc) is 2.64. The Balaban J connectivity index is 2.05. The third-order valence-corrected chi connectivity index (χ3v) is 3.46. The van der Waals surface area contributed by atoms with Crippen LogP contribution < -0.4 is 5.32 Å². The zero-order chi connectivity index (χ0) is 17.9. The SMILES string of the molecule is COCCN(CCO)C(=O)Nc1cccc(C#Cc2ccccc2)c1. The molecular formula is C20H22N2O3. The molecule has 25 heavy (non-hydrogen) atoms. The molecule has 5 heteroatoms. The van der Waals surface area contributed by atoms with Crippen molar-refractivity contribution in [2.45, 2.75) is 0 Å². The molecule has 0 aliphatic heterocycles. The molecule has 0 spiro atoms. The van der Waals surface area contributed by atoms with Gasteiger partial charge in [-0.05, 0) is 30.3 Å². The molecule has 0 bridgehead atoms. The fourth-order valence-electron chi connectivity index (χ4n) is 2.18. The lowest BCUT2D eigenvalue weighted by Crippen LogP contribution is -2.39. The van der Waals surface area contributed by atoms with E-state index in [1.54, 1.807) is 13.2 Å². The molecule has 0 atom stereocenters. The Bertz CT molecular complexity index is 735. The molecule has 2 aromatic carbocycles. The van der Waals surface area contributed by atoms with E-state index in [1.807, 2.05) is 48.5 Å². The van der Waals surface area contributed by atoms with Gasteiger partial charge in [-0.15, -0.1) is 0 Å². The van der Waals surface area contributed by atoms with Gasteiger partial charge in [-0.25, -0.2) is 4.79 Å². The topological polar surface area (TPSA) is 61.8 Å². The highest BCUT2D eigenvalue weighted by Crippen LogP contribution is 2.11. The standard InChI is InChI=1S/C20H22N2O3/c1-25-15-13-22(12-14-23)20(24)21-19-9-5-8-18(16-19)11-10-17-6-3-2-4-7-17/h2-9,16,23H,12-15H2,1H3,(H,21,24). The third kappa shape index (κ3) is 6.30. The van der Waals surface area contributed by atoms with E-state index >= 15 is 0 Å². The van der Waals surface area contributed by atoms with Gasteiger partial charge < -0.3 is 20.1 Å². The molecular weight excluding hydrogens is 316 g/mol. The molecule has 0 aliphatic rings. The second-order valence-corrected chi connectivity index (χ2v) is 5.33. The van der Waals surface area contributed by atoms with Crippen molar-refractivity contribution in [1.29, 1.82) is 0 Å². The smallest absolute Gasteiger partial charge is 0.322 e. The fourth-order valence-corrected chi connectivity index (χ4v) is 2.18. The largest absolute Gasteiger partial charge is 0.395 e. The van der Waals surface area contributed by atoms with Gasteiger partial charge in [0.25, 0.3) is 0 Å². The lowest BCUT2D eigenvalue weighted by atomic mass is 10.1. The van der Waals surface area contributed by atoms with Gasteiger partial charge in [0.15, 0.2) is 0 Å². The Morgan fingerprint density at radius 1 is 1.08 bits per heavy atom. The maximum absolute atomic E-state index is 12.3. The van der Waals surface area contributed by atoms with Crippen molar-refractivity contribution in [3.63, 3.8) is 0 Å². The van der Waals surface area contributed by atoms with Gasteiger partial charge in [0, 0.05) is 37.0 Å². The van der Waals surface area contributed by atoms with E-state index < -0.39 is 0 Å². The third-order valence-electron chi connectivity index (χ3n) is 3.46. The van der Waals surface area contributed by atoms with E-state index in [4.69, 9.17) is 9.84 Å². The van der Waals surface area contributed by atoms with Crippen molar-refractivity contribution in [3.05, 3.63) is 65.7 Å². The summed E-state index contributed by atoms with van der Waals surface area (Å²) in [5.74, 6) is 6.18. The monoisotopic (exact) mass is 338 g/mol. The Morgan fingerprint density at radius 2 is 1.80 bits per heavy atom. The molecule has 0 fully saturated rings. The summed E-state index contributed by atoms with van der Waals surface area (Å²) in [4.78, 5) is 13.8. The fraction of sp³-hybridized carbons (Fsp3) is 0.250. The molecule has 2 amide bonds. The number of hydrogen-bond donors (Lipinski definition) is 2. The highest BCUT2D eigenvalue weighted by atomic mass is 16.5. The minimum Gasteiger partial charge on any atom is -0.395 e. The molecule has 2 N–H and O–H groups in total. The van der Waals surface area contributed by atoms with Gasteiger partial charge in [0.1, 0.15) is 0 Å². The lowest BCUT2D eigenvalue weighted by molar-refractivity contribution is 0.142. The number of anilines is 1. The van der Waals surface area contributed by atoms with Crippen LogP contribution in [0.25, 0.3) is 0 Å². The summed E-state index contributed by atoms with van der Waals surface area (Å²) < 4.78 is 4.99. The maximum atomic E-state index is 12.3. The molecule has 0 saturated heterocycles. The number of aliphatic hydroxyl groups is 1. The molecule has 2 rings (SSSR count). The van der Waals surface area contributed by atoms with Crippen LogP contribution in [0.4, 0.5) is 10.5 Å². The number of rotatable bonds is 6. The highest BCUT2D eigenvalue weighted by molar-refractivity contribution is 5.89. The minimum atomic E-state index is -0.278. The number of benzene rings is 2. The van der Waals surface area contributed by atoms with Crippen molar-refractivity contribution < 1.29 is 14.6 Å². The van der Waals surface area contributed by atoms with E-state index in [9.17, 15) is 4.79 Å². The second kappa shape index (κ2) is 10.1. The zero-order valence-corrected chi connectivity index (χ0v) is 14.2. The average molecular weight is 338 g/mol. The van der Waals surface area contributed by atoms with Gasteiger partial charge in [0.2, 0.25) is 0 Å². The Morgan fingerprint density at radius 3 is 2.52 bits per heavy atom. The van der Waals surface area contributed by atoms with Crippen LogP contribution in [0.1, 0.15) is 11.1 Å². The molecule has 0 saturated carbocycles. The summed E-state index contributed by atoms with van der Waals surface area (Å²) in [6.45, 7) is 0.981. The van der Waals surface area contributed by atoms with E-state index in [0.29, 0.717) is 18.8 Å². The first kappa shape index (κ1) is 18.5. The van der Waals surface area contributed by atoms with Gasteiger partial charge in [-0.1, -0.05) is 36.1 Å². The highest BCUT2D eigenvalue weighted by Gasteiger charge is 2.12. The summed E-state index contributed by atoms with van der Waals surface area (Å²) in [6.07, 6.45) is 0. The van der Waals surface area contributed by atoms with Crippen molar-refractivity contribution >= 4 is 11.7 Å². The van der Waals surface area contributed by atoms with Crippen LogP contribution in [0.5, 0.6) is 0 Å². The predicted octanol–water partition coefficient (Wildman–Crippen LogP) is 2.56.